The first-order valence-electron chi connectivity index (χ1n) is 8.74. The minimum atomic E-state index is 0.707. The summed E-state index contributed by atoms with van der Waals surface area (Å²) in [6.07, 6.45) is 7.29. The van der Waals surface area contributed by atoms with E-state index in [1.165, 1.54) is 38.8 Å². The molecule has 23 heavy (non-hydrogen) atoms. The lowest BCUT2D eigenvalue weighted by molar-refractivity contribution is 0.292. The van der Waals surface area contributed by atoms with E-state index in [1.807, 2.05) is 11.6 Å². The number of nitrogens with two attached hydrogens (primary N) is 1. The van der Waals surface area contributed by atoms with Gasteiger partial charge in [0.2, 0.25) is 0 Å². The van der Waals surface area contributed by atoms with Crippen LogP contribution in [0.15, 0.2) is 16.6 Å². The predicted molar refractivity (Wildman–Crippen MR) is 97.3 cm³/mol. The van der Waals surface area contributed by atoms with Crippen LogP contribution in [0, 0.1) is 0 Å². The van der Waals surface area contributed by atoms with Gasteiger partial charge in [-0.15, -0.1) is 11.3 Å². The highest BCUT2D eigenvalue weighted by Gasteiger charge is 2.19. The molecule has 1 aromatic rings. The van der Waals surface area contributed by atoms with Gasteiger partial charge in [-0.25, -0.2) is 4.98 Å². The zero-order chi connectivity index (χ0) is 15.9. The average molecular weight is 337 g/mol. The molecule has 2 aliphatic rings. The molecule has 2 saturated heterocycles. The second kappa shape index (κ2) is 8.49. The molecular weight excluding hydrogens is 308 g/mol. The Bertz CT molecular complexity index is 473. The molecule has 0 atom stereocenters. The van der Waals surface area contributed by atoms with Gasteiger partial charge in [0.05, 0.1) is 6.54 Å². The van der Waals surface area contributed by atoms with Crippen molar-refractivity contribution in [2.75, 3.05) is 57.3 Å². The number of nitrogens with zero attached hydrogens (tertiary/aromatic N) is 5. The lowest BCUT2D eigenvalue weighted by Gasteiger charge is -2.35. The molecule has 0 spiro atoms. The van der Waals surface area contributed by atoms with Crippen molar-refractivity contribution in [2.45, 2.75) is 25.7 Å². The van der Waals surface area contributed by atoms with E-state index < -0.39 is 0 Å². The minimum Gasteiger partial charge on any atom is -0.370 e. The number of anilines is 1. The molecule has 0 aliphatic carbocycles. The first-order chi connectivity index (χ1) is 11.3. The van der Waals surface area contributed by atoms with Gasteiger partial charge in [0, 0.05) is 44.3 Å². The van der Waals surface area contributed by atoms with Crippen LogP contribution in [0.5, 0.6) is 0 Å². The lowest BCUT2D eigenvalue weighted by atomic mass is 10.2. The fourth-order valence-corrected chi connectivity index (χ4v) is 3.96. The van der Waals surface area contributed by atoms with Crippen LogP contribution >= 0.6 is 11.3 Å². The number of likely N-dealkylation sites (tertiary alicyclic amines) is 1. The van der Waals surface area contributed by atoms with Gasteiger partial charge in [0.1, 0.15) is 0 Å². The van der Waals surface area contributed by atoms with Crippen LogP contribution in [0.1, 0.15) is 25.7 Å². The Kier molecular flexibility index (Phi) is 6.10. The van der Waals surface area contributed by atoms with Crippen molar-refractivity contribution in [3.05, 3.63) is 11.6 Å². The molecule has 2 aliphatic heterocycles. The molecule has 3 rings (SSSR count). The summed E-state index contributed by atoms with van der Waals surface area (Å²) in [6.45, 7) is 8.10. The molecule has 128 valence electrons. The molecule has 2 N–H and O–H groups in total. The second-order valence-corrected chi connectivity index (χ2v) is 7.16. The lowest BCUT2D eigenvalue weighted by Crippen LogP contribution is -2.51. The van der Waals surface area contributed by atoms with E-state index in [1.54, 1.807) is 11.3 Å². The Labute approximate surface area is 143 Å². The fraction of sp³-hybridized carbons (Fsp3) is 0.750. The molecule has 0 saturated carbocycles. The van der Waals surface area contributed by atoms with Crippen molar-refractivity contribution in [1.29, 1.82) is 0 Å². The number of thiazole rings is 1. The van der Waals surface area contributed by atoms with E-state index in [9.17, 15) is 0 Å². The van der Waals surface area contributed by atoms with Crippen molar-refractivity contribution in [2.24, 2.45) is 10.7 Å². The highest BCUT2D eigenvalue weighted by Crippen LogP contribution is 2.18. The molecular formula is C16H28N6S. The first-order valence-corrected chi connectivity index (χ1v) is 9.62. The number of aliphatic imine (C=N–C) groups is 1. The smallest absolute Gasteiger partial charge is 0.191 e. The molecule has 7 heteroatoms. The van der Waals surface area contributed by atoms with E-state index in [2.05, 4.69) is 24.7 Å². The van der Waals surface area contributed by atoms with E-state index in [4.69, 9.17) is 5.73 Å². The van der Waals surface area contributed by atoms with E-state index in [-0.39, 0.29) is 0 Å². The molecule has 2 fully saturated rings. The van der Waals surface area contributed by atoms with E-state index in [0.29, 0.717) is 5.96 Å². The van der Waals surface area contributed by atoms with Gasteiger partial charge >= 0.3 is 0 Å². The second-order valence-electron chi connectivity index (χ2n) is 6.28. The van der Waals surface area contributed by atoms with Crippen molar-refractivity contribution < 1.29 is 0 Å². The number of hydrogen-bond donors (Lipinski definition) is 1. The Morgan fingerprint density at radius 2 is 1.83 bits per heavy atom. The molecule has 0 aromatic carbocycles. The number of aromatic nitrogens is 1. The van der Waals surface area contributed by atoms with Crippen molar-refractivity contribution in [1.82, 2.24) is 14.8 Å². The molecule has 6 nitrogen and oxygen atoms in total. The molecule has 0 radical (unpaired) electrons. The Morgan fingerprint density at radius 3 is 2.48 bits per heavy atom. The van der Waals surface area contributed by atoms with Gasteiger partial charge in [0.25, 0.3) is 0 Å². The van der Waals surface area contributed by atoms with Gasteiger partial charge in [0.15, 0.2) is 11.1 Å². The predicted octanol–water partition coefficient (Wildman–Crippen LogP) is 1.46. The third kappa shape index (κ3) is 4.81. The average Bonchev–Trinajstić information content (AvgIpc) is 3.00. The number of rotatable bonds is 4. The quantitative estimate of drug-likeness (QED) is 0.666. The summed E-state index contributed by atoms with van der Waals surface area (Å²) in [7, 11) is 0. The Balaban J connectivity index is 1.40. The molecule has 1 aromatic heterocycles. The van der Waals surface area contributed by atoms with Gasteiger partial charge in [-0.05, 0) is 25.9 Å². The highest BCUT2D eigenvalue weighted by atomic mass is 32.1. The third-order valence-corrected chi connectivity index (χ3v) is 5.51. The maximum atomic E-state index is 6.18. The minimum absolute atomic E-state index is 0.707. The van der Waals surface area contributed by atoms with Gasteiger partial charge in [-0.1, -0.05) is 12.8 Å². The van der Waals surface area contributed by atoms with Crippen molar-refractivity contribution in [3.63, 3.8) is 0 Å². The monoisotopic (exact) mass is 336 g/mol. The van der Waals surface area contributed by atoms with Crippen LogP contribution in [0.3, 0.4) is 0 Å². The zero-order valence-corrected chi connectivity index (χ0v) is 14.7. The zero-order valence-electron chi connectivity index (χ0n) is 13.9. The third-order valence-electron chi connectivity index (χ3n) is 4.68. The first kappa shape index (κ1) is 16.5. The van der Waals surface area contributed by atoms with E-state index in [0.717, 1.165) is 44.4 Å². The maximum absolute atomic E-state index is 6.18. The van der Waals surface area contributed by atoms with Crippen molar-refractivity contribution >= 4 is 22.4 Å². The topological polar surface area (TPSA) is 61.0 Å². The summed E-state index contributed by atoms with van der Waals surface area (Å²) in [6, 6.07) is 0. The van der Waals surface area contributed by atoms with E-state index >= 15 is 0 Å². The summed E-state index contributed by atoms with van der Waals surface area (Å²) in [5.74, 6) is 0.707. The SMILES string of the molecule is NC(=NCCN1CCCCCC1)N1CCN(c2nccs2)CC1. The normalized spacial score (nSPS) is 21.5. The van der Waals surface area contributed by atoms with Crippen LogP contribution in [-0.4, -0.2) is 73.1 Å². The summed E-state index contributed by atoms with van der Waals surface area (Å²) in [5, 5.41) is 3.14. The van der Waals surface area contributed by atoms with Crippen LogP contribution in [-0.2, 0) is 0 Å². The molecule has 3 heterocycles. The van der Waals surface area contributed by atoms with Crippen LogP contribution < -0.4 is 10.6 Å². The van der Waals surface area contributed by atoms with Crippen LogP contribution in [0.25, 0.3) is 0 Å². The number of guanidine groups is 1. The highest BCUT2D eigenvalue weighted by molar-refractivity contribution is 7.13. The molecule has 0 unspecified atom stereocenters. The largest absolute Gasteiger partial charge is 0.370 e. The van der Waals surface area contributed by atoms with Crippen LogP contribution in [0.4, 0.5) is 5.13 Å². The molecule has 0 amide bonds. The van der Waals surface area contributed by atoms with Crippen LogP contribution in [0.2, 0.25) is 0 Å². The number of hydrogen-bond acceptors (Lipinski definition) is 5. The summed E-state index contributed by atoms with van der Waals surface area (Å²) in [5.41, 5.74) is 6.18. The Hall–Kier alpha value is -1.34. The summed E-state index contributed by atoms with van der Waals surface area (Å²) >= 11 is 1.70. The fourth-order valence-electron chi connectivity index (χ4n) is 3.26. The maximum Gasteiger partial charge on any atom is 0.191 e. The standard InChI is InChI=1S/C16H28N6S/c17-15(18-5-9-20-7-3-1-2-4-8-20)21-10-12-22(13-11-21)16-19-6-14-23-16/h6,14H,1-5,7-13H2,(H2,17,18). The number of piperazine rings is 1. The summed E-state index contributed by atoms with van der Waals surface area (Å²) in [4.78, 5) is 16.0. The summed E-state index contributed by atoms with van der Waals surface area (Å²) < 4.78 is 0. The Morgan fingerprint density at radius 1 is 1.09 bits per heavy atom. The van der Waals surface area contributed by atoms with Gasteiger partial charge < -0.3 is 20.4 Å². The van der Waals surface area contributed by atoms with Gasteiger partial charge in [-0.3, -0.25) is 4.99 Å². The van der Waals surface area contributed by atoms with Crippen molar-refractivity contribution in [3.8, 4) is 0 Å². The van der Waals surface area contributed by atoms with Gasteiger partial charge in [-0.2, -0.15) is 0 Å². The molecule has 0 bridgehead atoms.